The van der Waals surface area contributed by atoms with E-state index in [2.05, 4.69) is 181 Å². The van der Waals surface area contributed by atoms with Crippen LogP contribution in [0, 0.1) is 0 Å². The summed E-state index contributed by atoms with van der Waals surface area (Å²) in [7, 11) is 0. The van der Waals surface area contributed by atoms with Crippen molar-refractivity contribution in [3.63, 3.8) is 0 Å². The second-order valence-corrected chi connectivity index (χ2v) is 12.5. The predicted octanol–water partition coefficient (Wildman–Crippen LogP) is 12.9. The summed E-state index contributed by atoms with van der Waals surface area (Å²) < 4.78 is 0. The molecular weight excluding hydrogens is 567 g/mol. The van der Waals surface area contributed by atoms with E-state index in [0.717, 1.165) is 17.1 Å². The smallest absolute Gasteiger partial charge is 0.0468 e. The first-order chi connectivity index (χ1) is 23.3. The lowest BCUT2D eigenvalue weighted by molar-refractivity contribution is 1.28. The molecule has 0 saturated carbocycles. The number of hydrogen-bond donors (Lipinski definition) is 0. The van der Waals surface area contributed by atoms with Crippen LogP contribution in [0.25, 0.3) is 77.5 Å². The molecule has 0 radical (unpaired) electrons. The number of para-hydroxylation sites is 1. The maximum Gasteiger partial charge on any atom is 0.0468 e. The van der Waals surface area contributed by atoms with Gasteiger partial charge in [-0.25, -0.2) is 0 Å². The van der Waals surface area contributed by atoms with Crippen LogP contribution in [0.15, 0.2) is 176 Å². The van der Waals surface area contributed by atoms with Gasteiger partial charge in [0.25, 0.3) is 0 Å². The molecule has 0 N–H and O–H groups in total. The fourth-order valence-electron chi connectivity index (χ4n) is 7.83. The van der Waals surface area contributed by atoms with Crippen molar-refractivity contribution in [1.82, 2.24) is 0 Å². The maximum absolute atomic E-state index is 2.41. The van der Waals surface area contributed by atoms with Crippen molar-refractivity contribution in [2.24, 2.45) is 0 Å². The van der Waals surface area contributed by atoms with E-state index < -0.39 is 0 Å². The average molecular weight is 596 g/mol. The molecule has 6 bridgehead atoms. The summed E-state index contributed by atoms with van der Waals surface area (Å²) in [6.45, 7) is 0. The Bertz CT molecular complexity index is 2480. The van der Waals surface area contributed by atoms with Gasteiger partial charge >= 0.3 is 0 Å². The first-order valence-electron chi connectivity index (χ1n) is 16.3. The molecule has 0 spiro atoms. The van der Waals surface area contributed by atoms with Crippen LogP contribution in [0.5, 0.6) is 0 Å². The van der Waals surface area contributed by atoms with E-state index >= 15 is 0 Å². The molecule has 8 aromatic carbocycles. The zero-order chi connectivity index (χ0) is 30.9. The molecule has 0 aromatic heterocycles. The predicted molar refractivity (Wildman–Crippen MR) is 198 cm³/mol. The standard InChI is InChI=1S/C46H29N/c1-2-12-34(13-3-1)47(35-24-22-31(23-25-35)33-21-20-30-10-4-5-11-32(30)28-33)36-26-27-38-41-17-9-18-42-43-19-8-16-40(46(43)44(38)29-36)37-14-6-7-15-39(37)45(41)42/h1-29H. The zero-order valence-electron chi connectivity index (χ0n) is 25.7. The Morgan fingerprint density at radius 3 is 1.51 bits per heavy atom. The topological polar surface area (TPSA) is 3.24 Å². The lowest BCUT2D eigenvalue weighted by Gasteiger charge is -2.28. The third-order valence-electron chi connectivity index (χ3n) is 9.95. The number of rotatable bonds is 4. The van der Waals surface area contributed by atoms with E-state index in [9.17, 15) is 0 Å². The molecule has 0 aliphatic heterocycles. The monoisotopic (exact) mass is 595 g/mol. The summed E-state index contributed by atoms with van der Waals surface area (Å²) >= 11 is 0. The number of benzene rings is 8. The van der Waals surface area contributed by atoms with Crippen LogP contribution in [0.1, 0.15) is 0 Å². The number of anilines is 3. The van der Waals surface area contributed by atoms with Crippen molar-refractivity contribution in [2.75, 3.05) is 4.90 Å². The van der Waals surface area contributed by atoms with Gasteiger partial charge in [0.2, 0.25) is 0 Å². The molecule has 0 fully saturated rings. The van der Waals surface area contributed by atoms with Crippen LogP contribution >= 0.6 is 0 Å². The molecule has 0 atom stereocenters. The highest BCUT2D eigenvalue weighted by Gasteiger charge is 2.31. The number of fused-ring (bicyclic) bond motifs is 5. The van der Waals surface area contributed by atoms with Crippen LogP contribution in [-0.4, -0.2) is 0 Å². The second kappa shape index (κ2) is 10.2. The van der Waals surface area contributed by atoms with Gasteiger partial charge in [-0.3, -0.25) is 0 Å². The minimum atomic E-state index is 1.13. The Balaban J connectivity index is 1.16. The van der Waals surface area contributed by atoms with Crippen LogP contribution < -0.4 is 4.90 Å². The van der Waals surface area contributed by atoms with Crippen molar-refractivity contribution in [3.05, 3.63) is 176 Å². The normalized spacial score (nSPS) is 11.8. The van der Waals surface area contributed by atoms with Crippen LogP contribution in [0.4, 0.5) is 17.1 Å². The second-order valence-electron chi connectivity index (χ2n) is 12.5. The third-order valence-corrected chi connectivity index (χ3v) is 9.95. The van der Waals surface area contributed by atoms with Crippen molar-refractivity contribution < 1.29 is 0 Å². The van der Waals surface area contributed by atoms with Gasteiger partial charge in [-0.15, -0.1) is 0 Å². The fourth-order valence-corrected chi connectivity index (χ4v) is 7.83. The molecule has 0 heterocycles. The molecule has 218 valence electrons. The van der Waals surface area contributed by atoms with Gasteiger partial charge in [0.1, 0.15) is 0 Å². The SMILES string of the molecule is c1ccc(N(c2ccc(-c3ccc4ccccc4c3)cc2)c2ccc3c(c2)-c2c4cccc2-c2cccc-3c2-c2ccccc2-4)cc1. The van der Waals surface area contributed by atoms with Crippen molar-refractivity contribution in [1.29, 1.82) is 0 Å². The lowest BCUT2D eigenvalue weighted by atomic mass is 9.83. The molecule has 0 saturated heterocycles. The van der Waals surface area contributed by atoms with E-state index in [0.29, 0.717) is 0 Å². The van der Waals surface area contributed by atoms with E-state index in [4.69, 9.17) is 0 Å². The van der Waals surface area contributed by atoms with Gasteiger partial charge < -0.3 is 4.90 Å². The van der Waals surface area contributed by atoms with Gasteiger partial charge in [0.15, 0.2) is 0 Å². The van der Waals surface area contributed by atoms with E-state index in [1.54, 1.807) is 0 Å². The lowest BCUT2D eigenvalue weighted by Crippen LogP contribution is -2.10. The number of hydrogen-bond acceptors (Lipinski definition) is 1. The Morgan fingerprint density at radius 2 is 0.766 bits per heavy atom. The molecule has 2 aliphatic carbocycles. The summed E-state index contributed by atoms with van der Waals surface area (Å²) in [5, 5.41) is 2.52. The van der Waals surface area contributed by atoms with Crippen LogP contribution in [0.2, 0.25) is 0 Å². The largest absolute Gasteiger partial charge is 0.310 e. The highest BCUT2D eigenvalue weighted by molar-refractivity contribution is 6.15. The third kappa shape index (κ3) is 3.97. The first kappa shape index (κ1) is 26.1. The minimum absolute atomic E-state index is 1.13. The number of nitrogens with zero attached hydrogens (tertiary/aromatic N) is 1. The van der Waals surface area contributed by atoms with E-state index in [1.165, 1.54) is 77.5 Å². The average Bonchev–Trinajstić information content (AvgIpc) is 3.25. The Kier molecular flexibility index (Phi) is 5.64. The van der Waals surface area contributed by atoms with Crippen molar-refractivity contribution >= 4 is 27.8 Å². The molecule has 0 unspecified atom stereocenters. The van der Waals surface area contributed by atoms with E-state index in [-0.39, 0.29) is 0 Å². The molecule has 8 aromatic rings. The van der Waals surface area contributed by atoms with Gasteiger partial charge in [0.05, 0.1) is 0 Å². The molecule has 1 heteroatoms. The quantitative estimate of drug-likeness (QED) is 0.196. The van der Waals surface area contributed by atoms with Gasteiger partial charge in [-0.1, -0.05) is 133 Å². The van der Waals surface area contributed by atoms with E-state index in [1.807, 2.05) is 0 Å². The molecule has 2 aliphatic rings. The molecular formula is C46H29N. The summed E-state index contributed by atoms with van der Waals surface area (Å²) in [6, 6.07) is 64.6. The molecule has 47 heavy (non-hydrogen) atoms. The zero-order valence-corrected chi connectivity index (χ0v) is 25.7. The summed E-state index contributed by atoms with van der Waals surface area (Å²) in [6.07, 6.45) is 0. The highest BCUT2D eigenvalue weighted by atomic mass is 15.1. The van der Waals surface area contributed by atoms with Crippen LogP contribution in [-0.2, 0) is 0 Å². The van der Waals surface area contributed by atoms with Gasteiger partial charge in [0, 0.05) is 17.1 Å². The minimum Gasteiger partial charge on any atom is -0.310 e. The van der Waals surface area contributed by atoms with Crippen molar-refractivity contribution in [3.8, 4) is 66.8 Å². The Morgan fingerprint density at radius 1 is 0.255 bits per heavy atom. The molecule has 10 rings (SSSR count). The Hall–Kier alpha value is -6.18. The summed E-state index contributed by atoms with van der Waals surface area (Å²) in [5.41, 5.74) is 18.9. The van der Waals surface area contributed by atoms with Gasteiger partial charge in [-0.05, 0) is 120 Å². The first-order valence-corrected chi connectivity index (χ1v) is 16.3. The summed E-state index contributed by atoms with van der Waals surface area (Å²) in [4.78, 5) is 2.38. The summed E-state index contributed by atoms with van der Waals surface area (Å²) in [5.74, 6) is 0. The molecule has 1 nitrogen and oxygen atoms in total. The fraction of sp³-hybridized carbons (Fsp3) is 0. The Labute approximate surface area is 274 Å². The maximum atomic E-state index is 2.41. The highest BCUT2D eigenvalue weighted by Crippen LogP contribution is 2.57. The van der Waals surface area contributed by atoms with Gasteiger partial charge in [-0.2, -0.15) is 0 Å². The van der Waals surface area contributed by atoms with Crippen molar-refractivity contribution in [2.45, 2.75) is 0 Å². The van der Waals surface area contributed by atoms with Crippen LogP contribution in [0.3, 0.4) is 0 Å². The molecule has 0 amide bonds.